The van der Waals surface area contributed by atoms with Crippen molar-refractivity contribution in [3.05, 3.63) is 18.2 Å². The molecule has 1 rings (SSSR count). The van der Waals surface area contributed by atoms with Crippen molar-refractivity contribution in [2.75, 3.05) is 0 Å². The zero-order chi connectivity index (χ0) is 11.4. The van der Waals surface area contributed by atoms with Crippen molar-refractivity contribution in [1.82, 2.24) is 9.97 Å². The third-order valence-corrected chi connectivity index (χ3v) is 2.39. The summed E-state index contributed by atoms with van der Waals surface area (Å²) in [4.78, 5) is 6.81. The van der Waals surface area contributed by atoms with Gasteiger partial charge in [0.05, 0.1) is 6.33 Å². The summed E-state index contributed by atoms with van der Waals surface area (Å²) in [5.74, 6) is 0. The van der Waals surface area contributed by atoms with Crippen LogP contribution in [0.25, 0.3) is 0 Å². The minimum atomic E-state index is 1.04. The molecule has 0 aliphatic rings. The Morgan fingerprint density at radius 2 is 1.60 bits per heavy atom. The van der Waals surface area contributed by atoms with Crippen molar-refractivity contribution < 1.29 is 0 Å². The van der Waals surface area contributed by atoms with Gasteiger partial charge < -0.3 is 4.98 Å². The van der Waals surface area contributed by atoms with E-state index in [2.05, 4.69) is 30.7 Å². The summed E-state index contributed by atoms with van der Waals surface area (Å²) in [6.07, 6.45) is 13.1. The molecule has 0 aliphatic heterocycles. The Balaban J connectivity index is 0.000000262. The van der Waals surface area contributed by atoms with Gasteiger partial charge in [-0.25, -0.2) is 4.98 Å². The molecule has 1 aromatic rings. The minimum absolute atomic E-state index is 1.04. The van der Waals surface area contributed by atoms with Crippen LogP contribution in [0.15, 0.2) is 12.5 Å². The first kappa shape index (κ1) is 14.2. The second-order valence-electron chi connectivity index (χ2n) is 3.84. The molecule has 0 unspecified atom stereocenters. The summed E-state index contributed by atoms with van der Waals surface area (Å²) in [7, 11) is 0. The number of aromatic nitrogens is 2. The number of unbranched alkanes of at least 4 members (excludes halogenated alkanes) is 5. The van der Waals surface area contributed by atoms with Gasteiger partial charge in [-0.3, -0.25) is 0 Å². The number of hydrogen-bond acceptors (Lipinski definition) is 1. The van der Waals surface area contributed by atoms with Crippen molar-refractivity contribution >= 4 is 0 Å². The van der Waals surface area contributed by atoms with Gasteiger partial charge in [0, 0.05) is 11.9 Å². The average Bonchev–Trinajstić information content (AvgIpc) is 2.78. The van der Waals surface area contributed by atoms with E-state index in [4.69, 9.17) is 0 Å². The molecule has 2 nitrogen and oxygen atoms in total. The largest absolute Gasteiger partial charge is 0.349 e. The lowest BCUT2D eigenvalue weighted by molar-refractivity contribution is 0.624. The van der Waals surface area contributed by atoms with Gasteiger partial charge in [0.2, 0.25) is 0 Å². The lowest BCUT2D eigenvalue weighted by Crippen LogP contribution is -1.73. The highest BCUT2D eigenvalue weighted by atomic mass is 14.8. The first-order valence-electron chi connectivity index (χ1n) is 6.32. The normalized spacial score (nSPS) is 9.53. The van der Waals surface area contributed by atoms with Gasteiger partial charge in [-0.1, -0.05) is 59.3 Å². The van der Waals surface area contributed by atoms with E-state index in [1.165, 1.54) is 44.2 Å². The Morgan fingerprint density at radius 3 is 1.87 bits per heavy atom. The summed E-state index contributed by atoms with van der Waals surface area (Å²) < 4.78 is 0. The molecule has 0 atom stereocenters. The highest BCUT2D eigenvalue weighted by Crippen LogP contribution is 2.03. The molecule has 0 saturated carbocycles. The van der Waals surface area contributed by atoms with Crippen molar-refractivity contribution in [2.45, 2.75) is 65.7 Å². The van der Waals surface area contributed by atoms with Crippen molar-refractivity contribution in [3.63, 3.8) is 0 Å². The Kier molecular flexibility index (Phi) is 10.7. The zero-order valence-corrected chi connectivity index (χ0v) is 10.6. The Morgan fingerprint density at radius 1 is 1.00 bits per heavy atom. The summed E-state index contributed by atoms with van der Waals surface area (Å²) >= 11 is 0. The second kappa shape index (κ2) is 11.3. The van der Waals surface area contributed by atoms with Crippen molar-refractivity contribution in [3.8, 4) is 0 Å². The third kappa shape index (κ3) is 9.51. The summed E-state index contributed by atoms with van der Waals surface area (Å²) in [6, 6.07) is 0. The molecule has 0 spiro atoms. The van der Waals surface area contributed by atoms with Crippen LogP contribution in [0.4, 0.5) is 0 Å². The van der Waals surface area contributed by atoms with Crippen LogP contribution in [0.2, 0.25) is 0 Å². The lowest BCUT2D eigenvalue weighted by Gasteiger charge is -1.93. The highest BCUT2D eigenvalue weighted by Gasteiger charge is 1.83. The van der Waals surface area contributed by atoms with Gasteiger partial charge in [-0.2, -0.15) is 0 Å². The minimum Gasteiger partial charge on any atom is -0.349 e. The summed E-state index contributed by atoms with van der Waals surface area (Å²) in [5.41, 5.74) is 1.19. The Labute approximate surface area is 94.5 Å². The smallest absolute Gasteiger partial charge is 0.0921 e. The number of hydrogen-bond donors (Lipinski definition) is 1. The lowest BCUT2D eigenvalue weighted by atomic mass is 10.1. The Hall–Kier alpha value is -0.790. The second-order valence-corrected chi connectivity index (χ2v) is 3.84. The molecule has 1 N–H and O–H groups in total. The molecule has 0 saturated heterocycles. The van der Waals surface area contributed by atoms with Crippen molar-refractivity contribution in [1.29, 1.82) is 0 Å². The van der Waals surface area contributed by atoms with E-state index in [0.29, 0.717) is 0 Å². The molecule has 88 valence electrons. The van der Waals surface area contributed by atoms with E-state index in [1.54, 1.807) is 6.33 Å². The predicted molar refractivity (Wildman–Crippen MR) is 67.0 cm³/mol. The summed E-state index contributed by atoms with van der Waals surface area (Å²) in [6.45, 7) is 6.60. The molecule has 15 heavy (non-hydrogen) atoms. The molecular formula is C13H26N2. The van der Waals surface area contributed by atoms with E-state index < -0.39 is 0 Å². The maximum Gasteiger partial charge on any atom is 0.0921 e. The molecule has 0 radical (unpaired) electrons. The van der Waals surface area contributed by atoms with E-state index >= 15 is 0 Å². The number of rotatable bonds is 6. The quantitative estimate of drug-likeness (QED) is 0.695. The molecule has 0 bridgehead atoms. The fourth-order valence-corrected chi connectivity index (χ4v) is 1.33. The molecule has 0 aromatic carbocycles. The molecule has 0 aliphatic carbocycles. The van der Waals surface area contributed by atoms with Gasteiger partial charge >= 0.3 is 0 Å². The number of H-pyrrole nitrogens is 1. The molecule has 0 fully saturated rings. The number of nitrogens with one attached hydrogen (secondary N) is 1. The van der Waals surface area contributed by atoms with Crippen LogP contribution in [0.5, 0.6) is 0 Å². The first-order chi connectivity index (χ1) is 7.35. The molecular weight excluding hydrogens is 184 g/mol. The van der Waals surface area contributed by atoms with Gasteiger partial charge in [-0.05, 0) is 6.42 Å². The number of aromatic amines is 1. The number of nitrogens with zero attached hydrogens (tertiary/aromatic N) is 1. The fraction of sp³-hybridized carbons (Fsp3) is 0.769. The molecule has 0 amide bonds. The molecule has 2 heteroatoms. The van der Waals surface area contributed by atoms with Gasteiger partial charge in [0.15, 0.2) is 0 Å². The Bertz CT molecular complexity index is 186. The zero-order valence-electron chi connectivity index (χ0n) is 10.6. The average molecular weight is 210 g/mol. The molecule has 1 heterocycles. The van der Waals surface area contributed by atoms with Gasteiger partial charge in [0.1, 0.15) is 0 Å². The first-order valence-corrected chi connectivity index (χ1v) is 6.32. The predicted octanol–water partition coefficient (Wildman–Crippen LogP) is 4.34. The fourth-order valence-electron chi connectivity index (χ4n) is 1.33. The number of aryl methyl sites for hydroxylation is 1. The van der Waals surface area contributed by atoms with Gasteiger partial charge in [-0.15, -0.1) is 0 Å². The SMILES string of the molecule is CCCCCCCC.CCc1cnc[nH]1. The third-order valence-electron chi connectivity index (χ3n) is 2.39. The highest BCUT2D eigenvalue weighted by molar-refractivity contribution is 4.92. The van der Waals surface area contributed by atoms with E-state index in [0.717, 1.165) is 6.42 Å². The standard InChI is InChI=1S/C8H18.C5H8N2/c1-3-5-7-8-6-4-2;1-2-5-3-6-4-7-5/h3-8H2,1-2H3;3-4H,2H2,1H3,(H,6,7). The van der Waals surface area contributed by atoms with Crippen LogP contribution in [-0.4, -0.2) is 9.97 Å². The maximum absolute atomic E-state index is 3.84. The maximum atomic E-state index is 3.84. The monoisotopic (exact) mass is 210 g/mol. The van der Waals surface area contributed by atoms with Crippen LogP contribution in [-0.2, 0) is 6.42 Å². The van der Waals surface area contributed by atoms with E-state index in [-0.39, 0.29) is 0 Å². The topological polar surface area (TPSA) is 28.7 Å². The number of imidazole rings is 1. The van der Waals surface area contributed by atoms with Gasteiger partial charge in [0.25, 0.3) is 0 Å². The molecule has 1 aromatic heterocycles. The van der Waals surface area contributed by atoms with E-state index in [9.17, 15) is 0 Å². The van der Waals surface area contributed by atoms with E-state index in [1.807, 2.05) is 6.20 Å². The van der Waals surface area contributed by atoms with Crippen molar-refractivity contribution in [2.24, 2.45) is 0 Å². The van der Waals surface area contributed by atoms with Crippen LogP contribution >= 0.6 is 0 Å². The van der Waals surface area contributed by atoms with Crippen LogP contribution in [0, 0.1) is 0 Å². The van der Waals surface area contributed by atoms with Crippen LogP contribution in [0.1, 0.15) is 65.0 Å². The van der Waals surface area contributed by atoms with Crippen LogP contribution < -0.4 is 0 Å². The summed E-state index contributed by atoms with van der Waals surface area (Å²) in [5, 5.41) is 0. The van der Waals surface area contributed by atoms with Crippen LogP contribution in [0.3, 0.4) is 0 Å².